The number of hydrogen-bond donors (Lipinski definition) is 2. The van der Waals surface area contributed by atoms with E-state index >= 15 is 0 Å². The molecule has 0 aliphatic carbocycles. The smallest absolute Gasteiger partial charge is 0.234 e. The first kappa shape index (κ1) is 21.6. The van der Waals surface area contributed by atoms with Gasteiger partial charge in [0.25, 0.3) is 0 Å². The summed E-state index contributed by atoms with van der Waals surface area (Å²) in [4.78, 5) is 12.5. The van der Waals surface area contributed by atoms with Gasteiger partial charge in [-0.1, -0.05) is 59.3 Å². The van der Waals surface area contributed by atoms with Gasteiger partial charge in [0.05, 0.1) is 17.0 Å². The number of aromatic hydroxyl groups is 1. The topological polar surface area (TPSA) is 80.0 Å². The van der Waals surface area contributed by atoms with E-state index in [2.05, 4.69) is 21.6 Å². The van der Waals surface area contributed by atoms with E-state index in [-0.39, 0.29) is 17.4 Å². The molecule has 0 aliphatic rings. The first-order valence-electron chi connectivity index (χ1n) is 10.2. The van der Waals surface area contributed by atoms with Crippen molar-refractivity contribution in [3.8, 4) is 22.8 Å². The van der Waals surface area contributed by atoms with E-state index in [1.54, 1.807) is 18.2 Å². The second-order valence-corrected chi connectivity index (χ2v) is 8.59. The number of anilines is 1. The van der Waals surface area contributed by atoms with E-state index in [1.807, 2.05) is 67.8 Å². The lowest BCUT2D eigenvalue weighted by Crippen LogP contribution is -2.14. The number of aromatic nitrogens is 3. The van der Waals surface area contributed by atoms with Gasteiger partial charge in [-0.3, -0.25) is 9.36 Å². The van der Waals surface area contributed by atoms with E-state index in [9.17, 15) is 9.90 Å². The fourth-order valence-corrected chi connectivity index (χ4v) is 4.18. The summed E-state index contributed by atoms with van der Waals surface area (Å²) < 4.78 is 1.90. The Kier molecular flexibility index (Phi) is 6.28. The van der Waals surface area contributed by atoms with Crippen molar-refractivity contribution in [1.29, 1.82) is 0 Å². The van der Waals surface area contributed by atoms with Gasteiger partial charge in [-0.2, -0.15) is 0 Å². The number of aryl methyl sites for hydroxylation is 3. The normalized spacial score (nSPS) is 10.8. The van der Waals surface area contributed by atoms with Gasteiger partial charge < -0.3 is 10.4 Å². The van der Waals surface area contributed by atoms with Crippen molar-refractivity contribution in [2.45, 2.75) is 25.9 Å². The number of hydrogen-bond acceptors (Lipinski definition) is 5. The van der Waals surface area contributed by atoms with Crippen LogP contribution in [-0.4, -0.2) is 31.5 Å². The second-order valence-electron chi connectivity index (χ2n) is 7.65. The van der Waals surface area contributed by atoms with Crippen LogP contribution >= 0.6 is 11.8 Å². The molecule has 32 heavy (non-hydrogen) atoms. The van der Waals surface area contributed by atoms with Crippen LogP contribution in [0.1, 0.15) is 16.7 Å². The van der Waals surface area contributed by atoms with Crippen molar-refractivity contribution in [2.75, 3.05) is 11.1 Å². The zero-order valence-corrected chi connectivity index (χ0v) is 19.0. The third-order valence-corrected chi connectivity index (χ3v) is 5.97. The number of phenolic OH excluding ortho intramolecular Hbond substituents is 1. The number of carbonyl (C=O) groups excluding carboxylic acids is 1. The first-order chi connectivity index (χ1) is 15.4. The standard InChI is InChI=1S/C25H24N4O2S/c1-16-8-11-19(12-9-16)26-23(31)15-32-25-28-27-24(20-6-4-5-7-22(20)30)29(25)21-13-10-17(2)14-18(21)3/h4-14,30H,15H2,1-3H3,(H,26,31). The van der Waals surface area contributed by atoms with Crippen molar-refractivity contribution in [3.05, 3.63) is 83.4 Å². The molecular formula is C25H24N4O2S. The monoisotopic (exact) mass is 444 g/mol. The molecule has 0 unspecified atom stereocenters. The highest BCUT2D eigenvalue weighted by molar-refractivity contribution is 7.99. The number of phenols is 1. The van der Waals surface area contributed by atoms with E-state index < -0.39 is 0 Å². The van der Waals surface area contributed by atoms with Crippen molar-refractivity contribution in [3.63, 3.8) is 0 Å². The van der Waals surface area contributed by atoms with Gasteiger partial charge in [0, 0.05) is 5.69 Å². The van der Waals surface area contributed by atoms with Crippen LogP contribution in [0.3, 0.4) is 0 Å². The first-order valence-corrected chi connectivity index (χ1v) is 11.2. The molecule has 6 nitrogen and oxygen atoms in total. The van der Waals surface area contributed by atoms with Gasteiger partial charge in [0.15, 0.2) is 11.0 Å². The predicted octanol–water partition coefficient (Wildman–Crippen LogP) is 5.30. The third kappa shape index (κ3) is 4.68. The summed E-state index contributed by atoms with van der Waals surface area (Å²) in [6, 6.07) is 20.8. The van der Waals surface area contributed by atoms with Crippen LogP contribution in [0.4, 0.5) is 5.69 Å². The Balaban J connectivity index is 1.65. The summed E-state index contributed by atoms with van der Waals surface area (Å²) in [7, 11) is 0. The highest BCUT2D eigenvalue weighted by atomic mass is 32.2. The average Bonchev–Trinajstić information content (AvgIpc) is 3.18. The van der Waals surface area contributed by atoms with Crippen molar-refractivity contribution in [1.82, 2.24) is 14.8 Å². The molecule has 0 aliphatic heterocycles. The number of rotatable bonds is 6. The van der Waals surface area contributed by atoms with Crippen molar-refractivity contribution < 1.29 is 9.90 Å². The van der Waals surface area contributed by atoms with E-state index in [4.69, 9.17) is 0 Å². The van der Waals surface area contributed by atoms with Crippen molar-refractivity contribution in [2.24, 2.45) is 0 Å². The number of para-hydroxylation sites is 1. The summed E-state index contributed by atoms with van der Waals surface area (Å²) in [5.74, 6) is 0.701. The Labute approximate surface area is 191 Å². The Morgan fingerprint density at radius 2 is 1.69 bits per heavy atom. The van der Waals surface area contributed by atoms with Gasteiger partial charge in [0.2, 0.25) is 5.91 Å². The van der Waals surface area contributed by atoms with Gasteiger partial charge >= 0.3 is 0 Å². The molecule has 4 aromatic rings. The summed E-state index contributed by atoms with van der Waals surface area (Å²) in [5.41, 5.74) is 5.57. The van der Waals surface area contributed by atoms with Crippen LogP contribution in [0.25, 0.3) is 17.1 Å². The molecule has 162 valence electrons. The Hall–Kier alpha value is -3.58. The number of nitrogens with zero attached hydrogens (tertiary/aromatic N) is 3. The maximum absolute atomic E-state index is 12.5. The minimum atomic E-state index is -0.127. The molecule has 0 bridgehead atoms. The molecule has 0 saturated carbocycles. The highest BCUT2D eigenvalue weighted by Crippen LogP contribution is 2.33. The molecule has 2 N–H and O–H groups in total. The van der Waals surface area contributed by atoms with Crippen molar-refractivity contribution >= 4 is 23.4 Å². The zero-order valence-electron chi connectivity index (χ0n) is 18.2. The number of thioether (sulfide) groups is 1. The molecule has 0 atom stereocenters. The maximum atomic E-state index is 12.5. The molecule has 4 rings (SSSR count). The lowest BCUT2D eigenvalue weighted by atomic mass is 10.1. The summed E-state index contributed by atoms with van der Waals surface area (Å²) >= 11 is 1.30. The zero-order chi connectivity index (χ0) is 22.7. The third-order valence-electron chi connectivity index (χ3n) is 5.04. The molecule has 1 amide bonds. The minimum Gasteiger partial charge on any atom is -0.507 e. The fraction of sp³-hybridized carbons (Fsp3) is 0.160. The molecule has 1 aromatic heterocycles. The predicted molar refractivity (Wildman–Crippen MR) is 128 cm³/mol. The average molecular weight is 445 g/mol. The van der Waals surface area contributed by atoms with Crippen LogP contribution in [0.5, 0.6) is 5.75 Å². The number of nitrogens with one attached hydrogen (secondary N) is 1. The molecule has 3 aromatic carbocycles. The summed E-state index contributed by atoms with van der Waals surface area (Å²) in [5, 5.41) is 22.6. The quantitative estimate of drug-likeness (QED) is 0.395. The Morgan fingerprint density at radius 3 is 2.41 bits per heavy atom. The van der Waals surface area contributed by atoms with Gasteiger partial charge in [-0.25, -0.2) is 0 Å². The van der Waals surface area contributed by atoms with E-state index in [1.165, 1.54) is 11.8 Å². The molecule has 0 spiro atoms. The lowest BCUT2D eigenvalue weighted by Gasteiger charge is -2.14. The summed E-state index contributed by atoms with van der Waals surface area (Å²) in [6.45, 7) is 6.07. The van der Waals surface area contributed by atoms with Crippen LogP contribution in [0.15, 0.2) is 71.9 Å². The number of carbonyl (C=O) groups is 1. The number of amides is 1. The molecule has 0 radical (unpaired) electrons. The molecular weight excluding hydrogens is 420 g/mol. The van der Waals surface area contributed by atoms with Gasteiger partial charge in [-0.05, 0) is 56.7 Å². The molecule has 0 saturated heterocycles. The minimum absolute atomic E-state index is 0.125. The largest absolute Gasteiger partial charge is 0.507 e. The molecule has 7 heteroatoms. The molecule has 0 fully saturated rings. The Morgan fingerprint density at radius 1 is 0.969 bits per heavy atom. The van der Waals surface area contributed by atoms with Crippen LogP contribution in [0, 0.1) is 20.8 Å². The second kappa shape index (κ2) is 9.28. The summed E-state index contributed by atoms with van der Waals surface area (Å²) in [6.07, 6.45) is 0. The fourth-order valence-electron chi connectivity index (χ4n) is 3.44. The number of benzene rings is 3. The lowest BCUT2D eigenvalue weighted by molar-refractivity contribution is -0.113. The van der Waals surface area contributed by atoms with Crippen LogP contribution in [0.2, 0.25) is 0 Å². The highest BCUT2D eigenvalue weighted by Gasteiger charge is 2.20. The van der Waals surface area contributed by atoms with Crippen LogP contribution in [-0.2, 0) is 4.79 Å². The van der Waals surface area contributed by atoms with E-state index in [0.29, 0.717) is 16.5 Å². The SMILES string of the molecule is Cc1ccc(NC(=O)CSc2nnc(-c3ccccc3O)n2-c2ccc(C)cc2C)cc1. The van der Waals surface area contributed by atoms with Crippen LogP contribution < -0.4 is 5.32 Å². The van der Waals surface area contributed by atoms with E-state index in [0.717, 1.165) is 28.1 Å². The Bertz CT molecular complexity index is 1270. The maximum Gasteiger partial charge on any atom is 0.234 e. The molecule has 1 heterocycles. The van der Waals surface area contributed by atoms with Gasteiger partial charge in [0.1, 0.15) is 5.75 Å². The van der Waals surface area contributed by atoms with Gasteiger partial charge in [-0.15, -0.1) is 10.2 Å².